The van der Waals surface area contributed by atoms with Crippen molar-refractivity contribution in [2.45, 2.75) is 6.54 Å². The van der Waals surface area contributed by atoms with Gasteiger partial charge in [0, 0.05) is 54.2 Å². The number of carbonyl (C=O) groups excluding carboxylic acids is 2. The molecule has 2 aromatic heterocycles. The van der Waals surface area contributed by atoms with Crippen LogP contribution >= 0.6 is 11.3 Å². The Labute approximate surface area is 183 Å². The zero-order valence-corrected chi connectivity index (χ0v) is 17.9. The number of pyridine rings is 1. The number of ether oxygens (including phenoxy) is 1. The molecular weight excluding hydrogens is 417 g/mol. The van der Waals surface area contributed by atoms with Crippen molar-refractivity contribution < 1.29 is 18.7 Å². The number of amides is 1. The normalized spacial score (nSPS) is 14.5. The topological polar surface area (TPSA) is 62.7 Å². The molecule has 3 heterocycles. The Bertz CT molecular complexity index is 1080. The molecule has 0 saturated carbocycles. The maximum absolute atomic E-state index is 14.0. The van der Waals surface area contributed by atoms with Crippen LogP contribution in [0.1, 0.15) is 25.7 Å². The second kappa shape index (κ2) is 9.36. The fourth-order valence-electron chi connectivity index (χ4n) is 3.53. The van der Waals surface area contributed by atoms with E-state index in [1.807, 2.05) is 18.2 Å². The number of aromatic nitrogens is 1. The van der Waals surface area contributed by atoms with Crippen molar-refractivity contribution in [2.24, 2.45) is 0 Å². The average molecular weight is 440 g/mol. The smallest absolute Gasteiger partial charge is 0.356 e. The molecule has 160 valence electrons. The lowest BCUT2D eigenvalue weighted by Crippen LogP contribution is -2.48. The minimum atomic E-state index is -0.528. The van der Waals surface area contributed by atoms with Crippen molar-refractivity contribution in [3.05, 3.63) is 76.7 Å². The number of hydrogen-bond acceptors (Lipinski definition) is 6. The van der Waals surface area contributed by atoms with Crippen LogP contribution < -0.4 is 0 Å². The molecule has 3 aromatic rings. The average Bonchev–Trinajstić information content (AvgIpc) is 3.27. The summed E-state index contributed by atoms with van der Waals surface area (Å²) in [7, 11) is 1.29. The summed E-state index contributed by atoms with van der Waals surface area (Å²) < 4.78 is 18.6. The Balaban J connectivity index is 1.32. The summed E-state index contributed by atoms with van der Waals surface area (Å²) in [5.74, 6) is -0.835. The van der Waals surface area contributed by atoms with E-state index < -0.39 is 5.97 Å². The van der Waals surface area contributed by atoms with Crippen molar-refractivity contribution >= 4 is 23.2 Å². The lowest BCUT2D eigenvalue weighted by Gasteiger charge is -2.34. The third-order valence-corrected chi connectivity index (χ3v) is 6.35. The fourth-order valence-corrected chi connectivity index (χ4v) is 4.60. The van der Waals surface area contributed by atoms with Gasteiger partial charge in [0.15, 0.2) is 0 Å². The molecular formula is C23H22FN3O3S. The van der Waals surface area contributed by atoms with E-state index in [0.29, 0.717) is 24.2 Å². The van der Waals surface area contributed by atoms with Gasteiger partial charge in [-0.25, -0.2) is 14.2 Å². The van der Waals surface area contributed by atoms with Gasteiger partial charge in [0.25, 0.3) is 5.91 Å². The minimum Gasteiger partial charge on any atom is -0.464 e. The van der Waals surface area contributed by atoms with E-state index in [2.05, 4.69) is 14.6 Å². The summed E-state index contributed by atoms with van der Waals surface area (Å²) in [4.78, 5) is 34.4. The van der Waals surface area contributed by atoms with Crippen LogP contribution in [0.25, 0.3) is 10.4 Å². The standard InChI is InChI=1S/C23H22FN3O3S/c1-30-23(29)20-8-6-16(14-25-20)22(28)27-12-10-26(11-13-27)15-17-7-9-21(31-17)18-4-2-3-5-19(18)24/h2-9,14H,10-13,15H2,1H3. The largest absolute Gasteiger partial charge is 0.464 e. The van der Waals surface area contributed by atoms with Crippen molar-refractivity contribution in [1.82, 2.24) is 14.8 Å². The highest BCUT2D eigenvalue weighted by atomic mass is 32.1. The summed E-state index contributed by atoms with van der Waals surface area (Å²) >= 11 is 1.59. The third kappa shape index (κ3) is 4.81. The summed E-state index contributed by atoms with van der Waals surface area (Å²) in [6.45, 7) is 3.52. The molecule has 0 aliphatic carbocycles. The van der Waals surface area contributed by atoms with Crippen LogP contribution in [-0.2, 0) is 11.3 Å². The number of piperazine rings is 1. The second-order valence-electron chi connectivity index (χ2n) is 7.24. The predicted molar refractivity (Wildman–Crippen MR) is 116 cm³/mol. The van der Waals surface area contributed by atoms with Crippen LogP contribution in [0.3, 0.4) is 0 Å². The molecule has 1 aromatic carbocycles. The maximum atomic E-state index is 14.0. The van der Waals surface area contributed by atoms with E-state index in [-0.39, 0.29) is 17.4 Å². The molecule has 31 heavy (non-hydrogen) atoms. The van der Waals surface area contributed by atoms with Gasteiger partial charge in [-0.15, -0.1) is 11.3 Å². The van der Waals surface area contributed by atoms with Gasteiger partial charge < -0.3 is 9.64 Å². The fraction of sp³-hybridized carbons (Fsp3) is 0.261. The van der Waals surface area contributed by atoms with Crippen LogP contribution in [0.2, 0.25) is 0 Å². The summed E-state index contributed by atoms with van der Waals surface area (Å²) in [5.41, 5.74) is 1.25. The Morgan fingerprint density at radius 1 is 1.06 bits per heavy atom. The maximum Gasteiger partial charge on any atom is 0.356 e. The molecule has 6 nitrogen and oxygen atoms in total. The van der Waals surface area contributed by atoms with Crippen molar-refractivity contribution in [2.75, 3.05) is 33.3 Å². The van der Waals surface area contributed by atoms with E-state index >= 15 is 0 Å². The van der Waals surface area contributed by atoms with E-state index in [0.717, 1.165) is 24.5 Å². The molecule has 0 spiro atoms. The highest BCUT2D eigenvalue weighted by Crippen LogP contribution is 2.30. The number of rotatable bonds is 5. The number of methoxy groups -OCH3 is 1. The summed E-state index contributed by atoms with van der Waals surface area (Å²) in [5, 5.41) is 0. The first-order chi connectivity index (χ1) is 15.0. The first-order valence-corrected chi connectivity index (χ1v) is 10.8. The molecule has 0 radical (unpaired) electrons. The number of esters is 1. The van der Waals surface area contributed by atoms with Gasteiger partial charge in [0.2, 0.25) is 0 Å². The van der Waals surface area contributed by atoms with Gasteiger partial charge in [0.1, 0.15) is 11.5 Å². The number of thiophene rings is 1. The Morgan fingerprint density at radius 2 is 1.84 bits per heavy atom. The van der Waals surface area contributed by atoms with Gasteiger partial charge in [-0.3, -0.25) is 9.69 Å². The molecule has 0 unspecified atom stereocenters. The van der Waals surface area contributed by atoms with Crippen molar-refractivity contribution in [3.63, 3.8) is 0 Å². The van der Waals surface area contributed by atoms with E-state index in [9.17, 15) is 14.0 Å². The van der Waals surface area contributed by atoms with Crippen LogP contribution in [0.5, 0.6) is 0 Å². The molecule has 1 amide bonds. The number of nitrogens with zero attached hydrogens (tertiary/aromatic N) is 3. The first-order valence-electron chi connectivity index (χ1n) is 9.95. The Kier molecular flexibility index (Phi) is 6.39. The lowest BCUT2D eigenvalue weighted by atomic mass is 10.2. The van der Waals surface area contributed by atoms with E-state index in [1.54, 1.807) is 34.4 Å². The summed E-state index contributed by atoms with van der Waals surface area (Å²) in [6.07, 6.45) is 1.41. The molecule has 0 bridgehead atoms. The number of carbonyl (C=O) groups is 2. The lowest BCUT2D eigenvalue weighted by molar-refractivity contribution is 0.0589. The minimum absolute atomic E-state index is 0.0958. The zero-order chi connectivity index (χ0) is 21.8. The first kappa shape index (κ1) is 21.1. The monoisotopic (exact) mass is 439 g/mol. The number of hydrogen-bond donors (Lipinski definition) is 0. The molecule has 0 atom stereocenters. The zero-order valence-electron chi connectivity index (χ0n) is 17.1. The number of halogens is 1. The predicted octanol–water partition coefficient (Wildman–Crippen LogP) is 3.69. The molecule has 1 fully saturated rings. The van der Waals surface area contributed by atoms with Crippen molar-refractivity contribution in [3.8, 4) is 10.4 Å². The van der Waals surface area contributed by atoms with Crippen LogP contribution in [0.4, 0.5) is 4.39 Å². The molecule has 1 saturated heterocycles. The van der Waals surface area contributed by atoms with Crippen LogP contribution in [-0.4, -0.2) is 59.9 Å². The third-order valence-electron chi connectivity index (χ3n) is 5.24. The molecule has 8 heteroatoms. The molecule has 0 N–H and O–H groups in total. The van der Waals surface area contributed by atoms with Gasteiger partial charge in [0.05, 0.1) is 12.7 Å². The van der Waals surface area contributed by atoms with Gasteiger partial charge >= 0.3 is 5.97 Å². The molecule has 1 aliphatic rings. The quantitative estimate of drug-likeness (QED) is 0.568. The van der Waals surface area contributed by atoms with Crippen molar-refractivity contribution in [1.29, 1.82) is 0 Å². The van der Waals surface area contributed by atoms with Gasteiger partial charge in [-0.05, 0) is 30.3 Å². The van der Waals surface area contributed by atoms with Gasteiger partial charge in [-0.1, -0.05) is 18.2 Å². The van der Waals surface area contributed by atoms with Crippen LogP contribution in [0.15, 0.2) is 54.7 Å². The summed E-state index contributed by atoms with van der Waals surface area (Å²) in [6, 6.07) is 13.9. The highest BCUT2D eigenvalue weighted by molar-refractivity contribution is 7.15. The second-order valence-corrected chi connectivity index (χ2v) is 8.41. The molecule has 1 aliphatic heterocycles. The van der Waals surface area contributed by atoms with E-state index in [4.69, 9.17) is 0 Å². The molecule has 4 rings (SSSR count). The SMILES string of the molecule is COC(=O)c1ccc(C(=O)N2CCN(Cc3ccc(-c4ccccc4F)s3)CC2)cn1. The van der Waals surface area contributed by atoms with E-state index in [1.165, 1.54) is 30.3 Å². The van der Waals surface area contributed by atoms with Crippen LogP contribution in [0, 0.1) is 5.82 Å². The Morgan fingerprint density at radius 3 is 2.52 bits per heavy atom. The number of benzene rings is 1. The highest BCUT2D eigenvalue weighted by Gasteiger charge is 2.23. The van der Waals surface area contributed by atoms with Gasteiger partial charge in [-0.2, -0.15) is 0 Å². The Hall–Kier alpha value is -3.10.